The molecule has 0 saturated heterocycles. The summed E-state index contributed by atoms with van der Waals surface area (Å²) in [6.07, 6.45) is 1.73. The first-order valence-corrected chi connectivity index (χ1v) is 8.92. The summed E-state index contributed by atoms with van der Waals surface area (Å²) in [6.45, 7) is 4.43. The number of esters is 1. The SMILES string of the molecule is CCn1nc(C)cc1CS(=O)(=O)CC1(CC(=O)OC)CC1. The molecule has 1 fully saturated rings. The maximum absolute atomic E-state index is 12.4. The molecule has 0 N–H and O–H groups in total. The zero-order valence-electron chi connectivity index (χ0n) is 12.8. The van der Waals surface area contributed by atoms with Crippen LogP contribution in [0.1, 0.15) is 37.6 Å². The zero-order chi connectivity index (χ0) is 15.7. The zero-order valence-corrected chi connectivity index (χ0v) is 13.6. The Hall–Kier alpha value is -1.37. The molecule has 6 nitrogen and oxygen atoms in total. The number of methoxy groups -OCH3 is 1. The van der Waals surface area contributed by atoms with E-state index in [4.69, 9.17) is 0 Å². The minimum atomic E-state index is -3.27. The summed E-state index contributed by atoms with van der Waals surface area (Å²) in [5.74, 6) is -0.315. The van der Waals surface area contributed by atoms with Gasteiger partial charge in [0.25, 0.3) is 0 Å². The van der Waals surface area contributed by atoms with Gasteiger partial charge in [-0.2, -0.15) is 5.10 Å². The highest BCUT2D eigenvalue weighted by atomic mass is 32.2. The van der Waals surface area contributed by atoms with Crippen LogP contribution < -0.4 is 0 Å². The first-order chi connectivity index (χ1) is 9.79. The van der Waals surface area contributed by atoms with E-state index in [9.17, 15) is 13.2 Å². The molecule has 1 aliphatic rings. The molecular weight excluding hydrogens is 292 g/mol. The highest BCUT2D eigenvalue weighted by molar-refractivity contribution is 7.90. The molecule has 0 atom stereocenters. The predicted octanol–water partition coefficient (Wildman–Crippen LogP) is 1.47. The van der Waals surface area contributed by atoms with Crippen LogP contribution in [-0.2, 0) is 31.7 Å². The molecule has 0 unspecified atom stereocenters. The average molecular weight is 314 g/mol. The number of aryl methyl sites for hydroxylation is 2. The lowest BCUT2D eigenvalue weighted by Crippen LogP contribution is -2.23. The second-order valence-corrected chi connectivity index (χ2v) is 7.94. The minimum absolute atomic E-state index is 0.0232. The second kappa shape index (κ2) is 5.79. The third-order valence-corrected chi connectivity index (χ3v) is 5.67. The topological polar surface area (TPSA) is 78.3 Å². The standard InChI is InChI=1S/C14H22N2O4S/c1-4-16-12(7-11(2)15-16)9-21(18,19)10-14(5-6-14)8-13(17)20-3/h7H,4-6,8-10H2,1-3H3. The summed E-state index contributed by atoms with van der Waals surface area (Å²) < 4.78 is 31.2. The lowest BCUT2D eigenvalue weighted by atomic mass is 10.1. The first kappa shape index (κ1) is 16.0. The number of sulfone groups is 1. The third kappa shape index (κ3) is 4.06. The van der Waals surface area contributed by atoms with E-state index in [2.05, 4.69) is 9.84 Å². The fourth-order valence-electron chi connectivity index (χ4n) is 2.66. The number of hydrogen-bond donors (Lipinski definition) is 0. The van der Waals surface area contributed by atoms with Crippen LogP contribution in [0.25, 0.3) is 0 Å². The Labute approximate surface area is 125 Å². The smallest absolute Gasteiger partial charge is 0.306 e. The van der Waals surface area contributed by atoms with Crippen molar-refractivity contribution in [1.82, 2.24) is 9.78 Å². The predicted molar refractivity (Wildman–Crippen MR) is 78.4 cm³/mol. The van der Waals surface area contributed by atoms with Crippen molar-refractivity contribution in [2.45, 2.75) is 45.4 Å². The number of rotatable bonds is 7. The van der Waals surface area contributed by atoms with Gasteiger partial charge in [-0.1, -0.05) is 0 Å². The molecule has 2 rings (SSSR count). The van der Waals surface area contributed by atoms with E-state index >= 15 is 0 Å². The summed E-state index contributed by atoms with van der Waals surface area (Å²) in [7, 11) is -1.94. The van der Waals surface area contributed by atoms with E-state index in [0.29, 0.717) is 12.2 Å². The minimum Gasteiger partial charge on any atom is -0.469 e. The molecule has 1 saturated carbocycles. The molecule has 21 heavy (non-hydrogen) atoms. The number of carbonyl (C=O) groups excluding carboxylic acids is 1. The maximum atomic E-state index is 12.4. The quantitative estimate of drug-likeness (QED) is 0.712. The Morgan fingerprint density at radius 3 is 2.67 bits per heavy atom. The van der Waals surface area contributed by atoms with Crippen LogP contribution >= 0.6 is 0 Å². The molecule has 1 heterocycles. The summed E-state index contributed by atoms with van der Waals surface area (Å²) in [5.41, 5.74) is 1.12. The van der Waals surface area contributed by atoms with Crippen LogP contribution in [0, 0.1) is 12.3 Å². The molecule has 0 aliphatic heterocycles. The van der Waals surface area contributed by atoms with Crippen molar-refractivity contribution >= 4 is 15.8 Å². The van der Waals surface area contributed by atoms with Crippen LogP contribution in [0.2, 0.25) is 0 Å². The van der Waals surface area contributed by atoms with E-state index in [1.54, 1.807) is 10.7 Å². The van der Waals surface area contributed by atoms with Crippen LogP contribution in [0.15, 0.2) is 6.07 Å². The molecule has 0 bridgehead atoms. The lowest BCUT2D eigenvalue weighted by molar-refractivity contribution is -0.141. The van der Waals surface area contributed by atoms with Crippen molar-refractivity contribution in [1.29, 1.82) is 0 Å². The number of ether oxygens (including phenoxy) is 1. The van der Waals surface area contributed by atoms with Crippen LogP contribution in [-0.4, -0.2) is 37.0 Å². The van der Waals surface area contributed by atoms with Crippen molar-refractivity contribution < 1.29 is 17.9 Å². The normalized spacial score (nSPS) is 16.7. The van der Waals surface area contributed by atoms with E-state index < -0.39 is 15.3 Å². The summed E-state index contributed by atoms with van der Waals surface area (Å²) in [4.78, 5) is 11.4. The highest BCUT2D eigenvalue weighted by Crippen LogP contribution is 2.50. The van der Waals surface area contributed by atoms with Gasteiger partial charge in [0.15, 0.2) is 9.84 Å². The van der Waals surface area contributed by atoms with Gasteiger partial charge in [0, 0.05) is 6.54 Å². The largest absolute Gasteiger partial charge is 0.469 e. The molecule has 0 amide bonds. The summed E-state index contributed by atoms with van der Waals surface area (Å²) in [6, 6.07) is 1.81. The van der Waals surface area contributed by atoms with Crippen LogP contribution in [0.5, 0.6) is 0 Å². The van der Waals surface area contributed by atoms with E-state index in [1.165, 1.54) is 7.11 Å². The van der Waals surface area contributed by atoms with Gasteiger partial charge in [0.1, 0.15) is 0 Å². The van der Waals surface area contributed by atoms with Gasteiger partial charge < -0.3 is 4.74 Å². The van der Waals surface area contributed by atoms with Gasteiger partial charge in [-0.3, -0.25) is 9.48 Å². The maximum Gasteiger partial charge on any atom is 0.306 e. The van der Waals surface area contributed by atoms with Gasteiger partial charge in [0.05, 0.1) is 36.4 Å². The van der Waals surface area contributed by atoms with Crippen LogP contribution in [0.3, 0.4) is 0 Å². The average Bonchev–Trinajstić information content (AvgIpc) is 3.02. The van der Waals surface area contributed by atoms with Gasteiger partial charge in [-0.15, -0.1) is 0 Å². The van der Waals surface area contributed by atoms with Crippen molar-refractivity contribution in [3.05, 3.63) is 17.5 Å². The Balaban J connectivity index is 2.07. The van der Waals surface area contributed by atoms with Gasteiger partial charge >= 0.3 is 5.97 Å². The molecular formula is C14H22N2O4S. The number of hydrogen-bond acceptors (Lipinski definition) is 5. The fraction of sp³-hybridized carbons (Fsp3) is 0.714. The first-order valence-electron chi connectivity index (χ1n) is 7.10. The monoisotopic (exact) mass is 314 g/mol. The lowest BCUT2D eigenvalue weighted by Gasteiger charge is -2.14. The van der Waals surface area contributed by atoms with E-state index in [0.717, 1.165) is 18.5 Å². The molecule has 0 aromatic carbocycles. The summed E-state index contributed by atoms with van der Waals surface area (Å²) >= 11 is 0. The second-order valence-electron chi connectivity index (χ2n) is 5.88. The Kier molecular flexibility index (Phi) is 4.41. The highest BCUT2D eigenvalue weighted by Gasteiger charge is 2.47. The van der Waals surface area contributed by atoms with E-state index in [-0.39, 0.29) is 23.9 Å². The number of aromatic nitrogens is 2. The van der Waals surface area contributed by atoms with Crippen LogP contribution in [0.4, 0.5) is 0 Å². The van der Waals surface area contributed by atoms with Crippen molar-refractivity contribution in [2.75, 3.05) is 12.9 Å². The molecule has 0 radical (unpaired) electrons. The number of carbonyl (C=O) groups is 1. The Morgan fingerprint density at radius 2 is 2.14 bits per heavy atom. The van der Waals surface area contributed by atoms with Crippen molar-refractivity contribution in [2.24, 2.45) is 5.41 Å². The molecule has 0 spiro atoms. The molecule has 118 valence electrons. The van der Waals surface area contributed by atoms with Crippen molar-refractivity contribution in [3.63, 3.8) is 0 Å². The molecule has 7 heteroatoms. The Morgan fingerprint density at radius 1 is 1.48 bits per heavy atom. The van der Waals surface area contributed by atoms with E-state index in [1.807, 2.05) is 13.8 Å². The van der Waals surface area contributed by atoms with Gasteiger partial charge in [0.2, 0.25) is 0 Å². The van der Waals surface area contributed by atoms with Crippen molar-refractivity contribution in [3.8, 4) is 0 Å². The Bertz CT molecular complexity index is 629. The van der Waals surface area contributed by atoms with Gasteiger partial charge in [-0.25, -0.2) is 8.42 Å². The third-order valence-electron chi connectivity index (χ3n) is 3.88. The molecule has 1 aromatic heterocycles. The number of nitrogens with zero attached hydrogens (tertiary/aromatic N) is 2. The van der Waals surface area contributed by atoms with Gasteiger partial charge in [-0.05, 0) is 38.2 Å². The molecule has 1 aromatic rings. The molecule has 1 aliphatic carbocycles. The summed E-state index contributed by atoms with van der Waals surface area (Å²) in [5, 5.41) is 4.27. The fourth-order valence-corrected chi connectivity index (χ4v) is 4.77.